The molecular formula is C32H29N3OS. The van der Waals surface area contributed by atoms with Crippen molar-refractivity contribution in [2.24, 2.45) is 0 Å². The number of benzene rings is 4. The predicted octanol–water partition coefficient (Wildman–Crippen LogP) is 6.91. The molecule has 1 aliphatic rings. The van der Waals surface area contributed by atoms with Crippen molar-refractivity contribution in [3.05, 3.63) is 136 Å². The normalized spacial score (nSPS) is 16.4. The number of carbonyl (C=O) groups is 1. The third-order valence-electron chi connectivity index (χ3n) is 6.44. The van der Waals surface area contributed by atoms with Gasteiger partial charge in [-0.3, -0.25) is 4.79 Å². The van der Waals surface area contributed by atoms with Crippen LogP contribution in [0.15, 0.2) is 103 Å². The molecule has 184 valence electrons. The zero-order valence-electron chi connectivity index (χ0n) is 20.8. The van der Waals surface area contributed by atoms with E-state index in [1.165, 1.54) is 27.8 Å². The highest BCUT2D eigenvalue weighted by Gasteiger charge is 2.21. The third kappa shape index (κ3) is 5.96. The quantitative estimate of drug-likeness (QED) is 0.131. The van der Waals surface area contributed by atoms with E-state index in [-0.39, 0.29) is 11.4 Å². The molecule has 0 bridgehead atoms. The first-order valence-electron chi connectivity index (χ1n) is 12.2. The predicted molar refractivity (Wildman–Crippen MR) is 158 cm³/mol. The lowest BCUT2D eigenvalue weighted by Gasteiger charge is -2.12. The topological polar surface area (TPSA) is 53.2 Å². The zero-order valence-corrected chi connectivity index (χ0v) is 21.7. The van der Waals surface area contributed by atoms with Gasteiger partial charge < -0.3 is 16.0 Å². The van der Waals surface area contributed by atoms with Crippen LogP contribution >= 0.6 is 12.6 Å². The molecule has 5 rings (SSSR count). The average molecular weight is 504 g/mol. The first-order chi connectivity index (χ1) is 17.9. The van der Waals surface area contributed by atoms with Gasteiger partial charge in [0.2, 0.25) is 0 Å². The Labute approximate surface area is 223 Å². The van der Waals surface area contributed by atoms with E-state index in [0.717, 1.165) is 22.5 Å². The lowest BCUT2D eigenvalue weighted by molar-refractivity contribution is -0.116. The Morgan fingerprint density at radius 1 is 0.757 bits per heavy atom. The lowest BCUT2D eigenvalue weighted by Crippen LogP contribution is -2.25. The third-order valence-corrected chi connectivity index (χ3v) is 6.70. The van der Waals surface area contributed by atoms with Crippen LogP contribution in [0.5, 0.6) is 0 Å². The van der Waals surface area contributed by atoms with E-state index >= 15 is 0 Å². The standard InChI is InChI=1S/C32H29N3OS/c1-21-8-13-26(18-22(21)2)29(25-6-4-3-5-7-25)19-23-9-14-27(15-10-23)33-28-16-11-24(12-17-28)20-30-31(36)35-32(37)34-30/h3-20,32-34,37H,1-2H3,(H,35,36)/b29-19+,30-20-. The van der Waals surface area contributed by atoms with E-state index in [4.69, 9.17) is 0 Å². The molecule has 1 atom stereocenters. The van der Waals surface area contributed by atoms with Crippen LogP contribution < -0.4 is 16.0 Å². The molecule has 1 saturated heterocycles. The van der Waals surface area contributed by atoms with Crippen LogP contribution in [0.4, 0.5) is 11.4 Å². The number of thiol groups is 1. The van der Waals surface area contributed by atoms with Gasteiger partial charge in [0.05, 0.1) is 0 Å². The van der Waals surface area contributed by atoms with Crippen molar-refractivity contribution in [1.82, 2.24) is 10.6 Å². The van der Waals surface area contributed by atoms with Gasteiger partial charge in [-0.2, -0.15) is 0 Å². The number of hydrogen-bond donors (Lipinski definition) is 4. The Bertz CT molecular complexity index is 1470. The SMILES string of the molecule is Cc1ccc(/C(=C/c2ccc(Nc3ccc(/C=C4\NC(S)NC4=O)cc3)cc2)c2ccccc2)cc1C. The molecule has 1 fully saturated rings. The fourth-order valence-corrected chi connectivity index (χ4v) is 4.50. The number of rotatable bonds is 6. The van der Waals surface area contributed by atoms with E-state index < -0.39 is 0 Å². The highest BCUT2D eigenvalue weighted by Crippen LogP contribution is 2.28. The number of aryl methyl sites for hydroxylation is 2. The summed E-state index contributed by atoms with van der Waals surface area (Å²) in [6, 6.07) is 33.5. The summed E-state index contributed by atoms with van der Waals surface area (Å²) in [6.45, 7) is 4.30. The van der Waals surface area contributed by atoms with Gasteiger partial charge >= 0.3 is 0 Å². The second-order valence-corrected chi connectivity index (χ2v) is 9.69. The van der Waals surface area contributed by atoms with Crippen molar-refractivity contribution in [2.75, 3.05) is 5.32 Å². The van der Waals surface area contributed by atoms with Crippen LogP contribution in [0, 0.1) is 13.8 Å². The second kappa shape index (κ2) is 10.8. The van der Waals surface area contributed by atoms with Gasteiger partial charge in [0.15, 0.2) is 0 Å². The van der Waals surface area contributed by atoms with E-state index in [1.54, 1.807) is 0 Å². The average Bonchev–Trinajstić information content (AvgIpc) is 3.23. The van der Waals surface area contributed by atoms with Crippen molar-refractivity contribution in [3.8, 4) is 0 Å². The molecule has 4 aromatic carbocycles. The monoisotopic (exact) mass is 503 g/mol. The van der Waals surface area contributed by atoms with Crippen molar-refractivity contribution in [2.45, 2.75) is 19.3 Å². The fraction of sp³-hybridized carbons (Fsp3) is 0.0938. The van der Waals surface area contributed by atoms with Crippen molar-refractivity contribution >= 4 is 47.6 Å². The van der Waals surface area contributed by atoms with E-state index in [1.807, 2.05) is 36.4 Å². The molecule has 1 heterocycles. The smallest absolute Gasteiger partial charge is 0.269 e. The Kier molecular flexibility index (Phi) is 7.15. The lowest BCUT2D eigenvalue weighted by atomic mass is 9.93. The molecule has 5 heteroatoms. The Balaban J connectivity index is 1.34. The molecule has 1 unspecified atom stereocenters. The molecule has 0 saturated carbocycles. The highest BCUT2D eigenvalue weighted by molar-refractivity contribution is 7.80. The van der Waals surface area contributed by atoms with Crippen LogP contribution in [0.3, 0.4) is 0 Å². The van der Waals surface area contributed by atoms with E-state index in [9.17, 15) is 4.79 Å². The molecule has 4 aromatic rings. The summed E-state index contributed by atoms with van der Waals surface area (Å²) in [5, 5.41) is 9.14. The van der Waals surface area contributed by atoms with Gasteiger partial charge in [-0.05, 0) is 89.2 Å². The van der Waals surface area contributed by atoms with Crippen LogP contribution in [0.2, 0.25) is 0 Å². The molecule has 4 nitrogen and oxygen atoms in total. The largest absolute Gasteiger partial charge is 0.356 e. The number of carbonyl (C=O) groups excluding carboxylic acids is 1. The number of nitrogens with one attached hydrogen (secondary N) is 3. The van der Waals surface area contributed by atoms with Crippen LogP contribution in [-0.2, 0) is 4.79 Å². The van der Waals surface area contributed by atoms with Crippen LogP contribution in [0.1, 0.15) is 33.4 Å². The molecule has 0 aliphatic carbocycles. The first kappa shape index (κ1) is 24.5. The molecule has 1 aliphatic heterocycles. The molecule has 3 N–H and O–H groups in total. The summed E-state index contributed by atoms with van der Waals surface area (Å²) >= 11 is 4.22. The van der Waals surface area contributed by atoms with E-state index in [2.05, 4.69) is 115 Å². The van der Waals surface area contributed by atoms with E-state index in [0.29, 0.717) is 5.70 Å². The highest BCUT2D eigenvalue weighted by atomic mass is 32.1. The zero-order chi connectivity index (χ0) is 25.8. The summed E-state index contributed by atoms with van der Waals surface area (Å²) in [5.74, 6) is -0.149. The molecule has 1 amide bonds. The van der Waals surface area contributed by atoms with Crippen LogP contribution in [0.25, 0.3) is 17.7 Å². The second-order valence-electron chi connectivity index (χ2n) is 9.17. The Morgan fingerprint density at radius 3 is 2.00 bits per heavy atom. The maximum absolute atomic E-state index is 11.9. The van der Waals surface area contributed by atoms with Gasteiger partial charge in [0, 0.05) is 11.4 Å². The summed E-state index contributed by atoms with van der Waals surface area (Å²) in [7, 11) is 0. The van der Waals surface area contributed by atoms with Gasteiger partial charge in [-0.15, -0.1) is 12.6 Å². The minimum atomic E-state index is -0.345. The van der Waals surface area contributed by atoms with Gasteiger partial charge in [0.1, 0.15) is 11.2 Å². The maximum atomic E-state index is 11.9. The van der Waals surface area contributed by atoms with Gasteiger partial charge in [-0.1, -0.05) is 72.8 Å². The fourth-order valence-electron chi connectivity index (χ4n) is 4.24. The molecule has 0 aromatic heterocycles. The molecule has 0 spiro atoms. The summed E-state index contributed by atoms with van der Waals surface area (Å²) in [6.07, 6.45) is 4.06. The molecular weight excluding hydrogens is 474 g/mol. The number of hydrogen-bond acceptors (Lipinski definition) is 4. The molecule has 37 heavy (non-hydrogen) atoms. The number of anilines is 2. The Morgan fingerprint density at radius 2 is 1.41 bits per heavy atom. The minimum Gasteiger partial charge on any atom is -0.356 e. The van der Waals surface area contributed by atoms with Crippen molar-refractivity contribution < 1.29 is 4.79 Å². The van der Waals surface area contributed by atoms with Crippen molar-refractivity contribution in [1.29, 1.82) is 0 Å². The minimum absolute atomic E-state index is 0.149. The van der Waals surface area contributed by atoms with Gasteiger partial charge in [0.25, 0.3) is 5.91 Å². The van der Waals surface area contributed by atoms with Crippen LogP contribution in [-0.4, -0.2) is 11.4 Å². The summed E-state index contributed by atoms with van der Waals surface area (Å²) in [5.41, 5.74) is 10.4. The van der Waals surface area contributed by atoms with Gasteiger partial charge in [-0.25, -0.2) is 0 Å². The number of amides is 1. The first-order valence-corrected chi connectivity index (χ1v) is 12.8. The summed E-state index contributed by atoms with van der Waals surface area (Å²) in [4.78, 5) is 11.9. The van der Waals surface area contributed by atoms with Crippen molar-refractivity contribution in [3.63, 3.8) is 0 Å². The molecule has 0 radical (unpaired) electrons. The Hall–Kier alpha value is -4.22. The maximum Gasteiger partial charge on any atom is 0.269 e. The summed E-state index contributed by atoms with van der Waals surface area (Å²) < 4.78 is 0.